The number of aliphatic carboxylic acids is 1. The maximum absolute atomic E-state index is 11.9. The number of unbranched alkanes of at least 4 members (excludes halogenated alkanes) is 2. The van der Waals surface area contributed by atoms with Crippen molar-refractivity contribution in [3.63, 3.8) is 0 Å². The van der Waals surface area contributed by atoms with Gasteiger partial charge in [0.05, 0.1) is 0 Å². The van der Waals surface area contributed by atoms with Crippen molar-refractivity contribution in [2.45, 2.75) is 38.1 Å². The topological polar surface area (TPSA) is 95.5 Å². The molecule has 1 rings (SSSR count). The van der Waals surface area contributed by atoms with E-state index in [9.17, 15) is 19.5 Å². The van der Waals surface area contributed by atoms with Gasteiger partial charge in [0, 0.05) is 19.4 Å². The summed E-state index contributed by atoms with van der Waals surface area (Å²) in [5, 5.41) is 14.5. The second kappa shape index (κ2) is 11.0. The lowest BCUT2D eigenvalue weighted by atomic mass is 10.1. The third-order valence-corrected chi connectivity index (χ3v) is 3.48. The molecule has 0 aliphatic heterocycles. The first-order valence-corrected chi connectivity index (χ1v) is 7.99. The largest absolute Gasteiger partial charge is 0.480 e. The van der Waals surface area contributed by atoms with E-state index in [2.05, 4.69) is 17.2 Å². The molecule has 130 valence electrons. The predicted octanol–water partition coefficient (Wildman–Crippen LogP) is 1.66. The van der Waals surface area contributed by atoms with Gasteiger partial charge in [-0.05, 0) is 24.5 Å². The lowest BCUT2D eigenvalue weighted by molar-refractivity contribution is -0.141. The van der Waals surface area contributed by atoms with Gasteiger partial charge in [-0.3, -0.25) is 9.59 Å². The van der Waals surface area contributed by atoms with Crippen LogP contribution in [0.5, 0.6) is 0 Å². The van der Waals surface area contributed by atoms with Gasteiger partial charge in [-0.2, -0.15) is 0 Å². The van der Waals surface area contributed by atoms with Crippen LogP contribution in [0.4, 0.5) is 0 Å². The molecule has 0 aliphatic rings. The van der Waals surface area contributed by atoms with E-state index in [1.165, 1.54) is 6.08 Å². The minimum atomic E-state index is -1.04. The first-order valence-electron chi connectivity index (χ1n) is 7.99. The molecule has 1 aromatic rings. The Morgan fingerprint density at radius 1 is 1.12 bits per heavy atom. The quantitative estimate of drug-likeness (QED) is 0.424. The van der Waals surface area contributed by atoms with Crippen LogP contribution in [0.1, 0.15) is 31.2 Å². The number of carboxylic acid groups (broad SMARTS) is 1. The lowest BCUT2D eigenvalue weighted by Gasteiger charge is -2.14. The van der Waals surface area contributed by atoms with Gasteiger partial charge < -0.3 is 15.7 Å². The summed E-state index contributed by atoms with van der Waals surface area (Å²) >= 11 is 0. The smallest absolute Gasteiger partial charge is 0.326 e. The highest BCUT2D eigenvalue weighted by molar-refractivity contribution is 5.86. The van der Waals surface area contributed by atoms with Crippen molar-refractivity contribution in [1.82, 2.24) is 10.6 Å². The van der Waals surface area contributed by atoms with Gasteiger partial charge in [0.15, 0.2) is 0 Å². The molecule has 0 spiro atoms. The fourth-order valence-corrected chi connectivity index (χ4v) is 2.19. The van der Waals surface area contributed by atoms with Crippen LogP contribution in [0.25, 0.3) is 0 Å². The summed E-state index contributed by atoms with van der Waals surface area (Å²) in [5.41, 5.74) is 0.864. The third-order valence-electron chi connectivity index (χ3n) is 3.48. The molecule has 0 heterocycles. The van der Waals surface area contributed by atoms with E-state index in [0.717, 1.165) is 18.4 Å². The van der Waals surface area contributed by atoms with E-state index in [1.807, 2.05) is 30.3 Å². The molecular weight excluding hydrogens is 308 g/mol. The number of hydrogen-bond donors (Lipinski definition) is 3. The highest BCUT2D eigenvalue weighted by Gasteiger charge is 2.19. The van der Waals surface area contributed by atoms with Crippen molar-refractivity contribution < 1.29 is 19.5 Å². The van der Waals surface area contributed by atoms with E-state index in [4.69, 9.17) is 0 Å². The Bertz CT molecular complexity index is 557. The van der Waals surface area contributed by atoms with Crippen LogP contribution in [-0.4, -0.2) is 35.5 Å². The van der Waals surface area contributed by atoms with Gasteiger partial charge in [-0.1, -0.05) is 43.3 Å². The molecular formula is C18H24N2O4. The molecule has 1 aromatic carbocycles. The minimum Gasteiger partial charge on any atom is -0.480 e. The van der Waals surface area contributed by atoms with Crippen LogP contribution in [0.3, 0.4) is 0 Å². The minimum absolute atomic E-state index is 0.210. The number of nitrogens with one attached hydrogen (secondary N) is 2. The number of hydrogen-bond acceptors (Lipinski definition) is 3. The van der Waals surface area contributed by atoms with E-state index < -0.39 is 12.0 Å². The molecule has 2 amide bonds. The molecule has 6 heteroatoms. The molecule has 0 saturated heterocycles. The summed E-state index contributed by atoms with van der Waals surface area (Å²) in [5.74, 6) is -1.52. The molecule has 0 radical (unpaired) electrons. The molecule has 24 heavy (non-hydrogen) atoms. The number of carbonyl (C=O) groups is 3. The van der Waals surface area contributed by atoms with Crippen molar-refractivity contribution in [3.8, 4) is 0 Å². The van der Waals surface area contributed by atoms with Crippen LogP contribution < -0.4 is 10.6 Å². The first kappa shape index (κ1) is 19.4. The molecule has 0 bridgehead atoms. The maximum atomic E-state index is 11.9. The van der Waals surface area contributed by atoms with Gasteiger partial charge in [0.25, 0.3) is 0 Å². The number of carboxylic acids is 1. The van der Waals surface area contributed by atoms with Crippen molar-refractivity contribution in [2.75, 3.05) is 6.54 Å². The van der Waals surface area contributed by atoms with Gasteiger partial charge in [0.2, 0.25) is 11.8 Å². The Kier molecular flexibility index (Phi) is 8.89. The summed E-state index contributed by atoms with van der Waals surface area (Å²) in [6.45, 7) is 3.90. The fourth-order valence-electron chi connectivity index (χ4n) is 2.19. The molecule has 3 N–H and O–H groups in total. The van der Waals surface area contributed by atoms with Crippen molar-refractivity contribution in [3.05, 3.63) is 48.6 Å². The Labute approximate surface area is 141 Å². The van der Waals surface area contributed by atoms with Crippen LogP contribution in [0.2, 0.25) is 0 Å². The summed E-state index contributed by atoms with van der Waals surface area (Å²) in [4.78, 5) is 34.1. The molecule has 6 nitrogen and oxygen atoms in total. The van der Waals surface area contributed by atoms with Crippen LogP contribution >= 0.6 is 0 Å². The zero-order chi connectivity index (χ0) is 17.8. The monoisotopic (exact) mass is 332 g/mol. The Morgan fingerprint density at radius 2 is 1.83 bits per heavy atom. The molecule has 1 atom stereocenters. The van der Waals surface area contributed by atoms with E-state index in [1.54, 1.807) is 0 Å². The van der Waals surface area contributed by atoms with Gasteiger partial charge >= 0.3 is 5.97 Å². The van der Waals surface area contributed by atoms with Gasteiger partial charge in [-0.25, -0.2) is 4.79 Å². The average molecular weight is 332 g/mol. The van der Waals surface area contributed by atoms with Crippen molar-refractivity contribution in [2.24, 2.45) is 0 Å². The van der Waals surface area contributed by atoms with E-state index in [0.29, 0.717) is 13.0 Å². The predicted molar refractivity (Wildman–Crippen MR) is 91.4 cm³/mol. The van der Waals surface area contributed by atoms with Crippen LogP contribution in [0, 0.1) is 0 Å². The maximum Gasteiger partial charge on any atom is 0.326 e. The fraction of sp³-hybridized carbons (Fsp3) is 0.389. The third kappa shape index (κ3) is 8.12. The molecule has 1 unspecified atom stereocenters. The Morgan fingerprint density at radius 3 is 2.46 bits per heavy atom. The normalized spacial score (nSPS) is 11.3. The van der Waals surface area contributed by atoms with Gasteiger partial charge in [-0.15, -0.1) is 0 Å². The average Bonchev–Trinajstić information content (AvgIpc) is 2.57. The molecule has 0 aromatic heterocycles. The highest BCUT2D eigenvalue weighted by Crippen LogP contribution is 2.05. The Balaban J connectivity index is 2.27. The van der Waals surface area contributed by atoms with Gasteiger partial charge in [0.1, 0.15) is 6.04 Å². The van der Waals surface area contributed by atoms with Crippen LogP contribution in [-0.2, 0) is 20.8 Å². The van der Waals surface area contributed by atoms with Crippen molar-refractivity contribution in [1.29, 1.82) is 0 Å². The van der Waals surface area contributed by atoms with Crippen molar-refractivity contribution >= 4 is 17.8 Å². The summed E-state index contributed by atoms with van der Waals surface area (Å²) in [6.07, 6.45) is 3.93. The number of carbonyl (C=O) groups excluding carboxylic acids is 2. The lowest BCUT2D eigenvalue weighted by Crippen LogP contribution is -2.42. The summed E-state index contributed by atoms with van der Waals surface area (Å²) in [7, 11) is 0. The van der Waals surface area contributed by atoms with E-state index in [-0.39, 0.29) is 24.7 Å². The standard InChI is InChI=1S/C18H24N2O4/c1-2-16(21)19-12-8-4-7-11-17(22)20-15(18(23)24)13-14-9-5-3-6-10-14/h2-3,5-6,9-10,15H,1,4,7-8,11-13H2,(H,19,21)(H,20,22)(H,23,24). The first-order chi connectivity index (χ1) is 11.5. The number of amides is 2. The van der Waals surface area contributed by atoms with E-state index >= 15 is 0 Å². The zero-order valence-corrected chi connectivity index (χ0v) is 13.7. The molecule has 0 saturated carbocycles. The Hall–Kier alpha value is -2.63. The summed E-state index contributed by atoms with van der Waals surface area (Å²) < 4.78 is 0. The zero-order valence-electron chi connectivity index (χ0n) is 13.7. The number of benzene rings is 1. The van der Waals surface area contributed by atoms with Crippen LogP contribution in [0.15, 0.2) is 43.0 Å². The second-order valence-electron chi connectivity index (χ2n) is 5.45. The number of rotatable bonds is 11. The highest BCUT2D eigenvalue weighted by atomic mass is 16.4. The molecule has 0 fully saturated rings. The SMILES string of the molecule is C=CC(=O)NCCCCCC(=O)NC(Cc1ccccc1)C(=O)O. The summed E-state index contributed by atoms with van der Waals surface area (Å²) in [6, 6.07) is 8.27. The second-order valence-corrected chi connectivity index (χ2v) is 5.45. The molecule has 0 aliphatic carbocycles.